The van der Waals surface area contributed by atoms with E-state index >= 15 is 0 Å². The lowest BCUT2D eigenvalue weighted by atomic mass is 9.95. The summed E-state index contributed by atoms with van der Waals surface area (Å²) in [5, 5.41) is 8.73. The van der Waals surface area contributed by atoms with Gasteiger partial charge in [0.2, 0.25) is 0 Å². The quantitative estimate of drug-likeness (QED) is 0.649. The van der Waals surface area contributed by atoms with Gasteiger partial charge >= 0.3 is 0 Å². The van der Waals surface area contributed by atoms with Crippen molar-refractivity contribution in [3.8, 4) is 0 Å². The highest BCUT2D eigenvalue weighted by Crippen LogP contribution is 2.25. The van der Waals surface area contributed by atoms with Crippen LogP contribution in [-0.2, 0) is 0 Å². The number of halogens is 1. The second kappa shape index (κ2) is 3.67. The van der Waals surface area contributed by atoms with Crippen LogP contribution in [-0.4, -0.2) is 11.7 Å². The molecule has 0 aromatic heterocycles. The third-order valence-electron chi connectivity index (χ3n) is 1.97. The van der Waals surface area contributed by atoms with E-state index in [4.69, 9.17) is 5.11 Å². The molecule has 0 unspecified atom stereocenters. The highest BCUT2D eigenvalue weighted by atomic mass is 19.1. The molecule has 11 heavy (non-hydrogen) atoms. The van der Waals surface area contributed by atoms with Crippen LogP contribution in [0, 0.1) is 5.92 Å². The van der Waals surface area contributed by atoms with E-state index in [9.17, 15) is 4.39 Å². The number of rotatable bonds is 2. The summed E-state index contributed by atoms with van der Waals surface area (Å²) in [7, 11) is 0. The Morgan fingerprint density at radius 2 is 2.45 bits per heavy atom. The maximum absolute atomic E-state index is 13.0. The van der Waals surface area contributed by atoms with Gasteiger partial charge in [0.05, 0.1) is 0 Å². The zero-order valence-corrected chi connectivity index (χ0v) is 6.68. The first-order valence-corrected chi connectivity index (χ1v) is 3.95. The molecule has 1 rings (SSSR count). The van der Waals surface area contributed by atoms with E-state index in [1.54, 1.807) is 0 Å². The van der Waals surface area contributed by atoms with Crippen LogP contribution in [0.5, 0.6) is 0 Å². The van der Waals surface area contributed by atoms with Crippen LogP contribution >= 0.6 is 0 Å². The summed E-state index contributed by atoms with van der Waals surface area (Å²) in [5.74, 6) is -0.164. The fourth-order valence-corrected chi connectivity index (χ4v) is 1.21. The van der Waals surface area contributed by atoms with Gasteiger partial charge in [-0.1, -0.05) is 13.0 Å². The number of hydrogen-bond acceptors (Lipinski definition) is 1. The van der Waals surface area contributed by atoms with Gasteiger partial charge in [0.15, 0.2) is 0 Å². The minimum absolute atomic E-state index is 0.00898. The fourth-order valence-electron chi connectivity index (χ4n) is 1.21. The summed E-state index contributed by atoms with van der Waals surface area (Å²) in [6, 6.07) is 0. The van der Waals surface area contributed by atoms with Crippen LogP contribution in [0.2, 0.25) is 0 Å². The maximum atomic E-state index is 13.0. The van der Waals surface area contributed by atoms with E-state index in [1.807, 2.05) is 13.0 Å². The van der Waals surface area contributed by atoms with E-state index in [0.717, 1.165) is 18.4 Å². The van der Waals surface area contributed by atoms with Gasteiger partial charge in [-0.25, -0.2) is 4.39 Å². The molecular formula is C9H13FO. The number of aliphatic hydroxyl groups excluding tert-OH is 1. The molecule has 0 spiro atoms. The molecule has 1 atom stereocenters. The molecule has 1 aliphatic carbocycles. The Kier molecular flexibility index (Phi) is 2.83. The van der Waals surface area contributed by atoms with Gasteiger partial charge in [0.25, 0.3) is 0 Å². The standard InChI is InChI=1S/C9H13FO/c1-2-8-4-3-7(6-11)5-9(8)10/h4-5,7,11H,2-3,6H2,1H3/t7-/m1/s1. The lowest BCUT2D eigenvalue weighted by Gasteiger charge is -2.14. The Morgan fingerprint density at radius 1 is 1.73 bits per heavy atom. The Morgan fingerprint density at radius 3 is 2.91 bits per heavy atom. The molecule has 0 radical (unpaired) electrons. The number of aliphatic hydroxyl groups is 1. The van der Waals surface area contributed by atoms with Crippen molar-refractivity contribution in [2.75, 3.05) is 6.61 Å². The normalized spacial score (nSPS) is 24.5. The van der Waals surface area contributed by atoms with Gasteiger partial charge in [0.1, 0.15) is 5.83 Å². The second-order valence-corrected chi connectivity index (χ2v) is 2.78. The highest BCUT2D eigenvalue weighted by molar-refractivity contribution is 5.29. The Hall–Kier alpha value is -0.630. The molecule has 2 heteroatoms. The molecule has 0 amide bonds. The zero-order valence-electron chi connectivity index (χ0n) is 6.68. The molecule has 0 heterocycles. The third-order valence-corrected chi connectivity index (χ3v) is 1.97. The van der Waals surface area contributed by atoms with Crippen LogP contribution in [0.25, 0.3) is 0 Å². The molecule has 1 N–H and O–H groups in total. The highest BCUT2D eigenvalue weighted by Gasteiger charge is 2.12. The van der Waals surface area contributed by atoms with E-state index in [0.29, 0.717) is 0 Å². The van der Waals surface area contributed by atoms with E-state index < -0.39 is 0 Å². The van der Waals surface area contributed by atoms with Crippen LogP contribution < -0.4 is 0 Å². The van der Waals surface area contributed by atoms with Crippen molar-refractivity contribution < 1.29 is 9.50 Å². The summed E-state index contributed by atoms with van der Waals surface area (Å²) in [4.78, 5) is 0. The first kappa shape index (κ1) is 8.47. The van der Waals surface area contributed by atoms with Crippen LogP contribution in [0.15, 0.2) is 23.6 Å². The van der Waals surface area contributed by atoms with Crippen molar-refractivity contribution >= 4 is 0 Å². The first-order valence-electron chi connectivity index (χ1n) is 3.95. The van der Waals surface area contributed by atoms with Crippen LogP contribution in [0.4, 0.5) is 4.39 Å². The molecule has 0 fully saturated rings. The number of hydrogen-bond donors (Lipinski definition) is 1. The Labute approximate surface area is 66.2 Å². The van der Waals surface area contributed by atoms with Crippen molar-refractivity contribution in [2.24, 2.45) is 5.92 Å². The molecule has 0 aromatic carbocycles. The molecule has 1 nitrogen and oxygen atoms in total. The molecule has 0 aliphatic heterocycles. The molecule has 1 aliphatic rings. The molecule has 0 saturated carbocycles. The average molecular weight is 156 g/mol. The van der Waals surface area contributed by atoms with Crippen LogP contribution in [0.1, 0.15) is 19.8 Å². The van der Waals surface area contributed by atoms with Crippen molar-refractivity contribution in [3.05, 3.63) is 23.6 Å². The summed E-state index contributed by atoms with van der Waals surface area (Å²) < 4.78 is 13.0. The van der Waals surface area contributed by atoms with E-state index in [2.05, 4.69) is 0 Å². The summed E-state index contributed by atoms with van der Waals surface area (Å²) >= 11 is 0. The van der Waals surface area contributed by atoms with Crippen molar-refractivity contribution in [1.29, 1.82) is 0 Å². The summed E-state index contributed by atoms with van der Waals surface area (Å²) in [5.41, 5.74) is 0.773. The van der Waals surface area contributed by atoms with Crippen molar-refractivity contribution in [2.45, 2.75) is 19.8 Å². The van der Waals surface area contributed by atoms with Gasteiger partial charge in [0, 0.05) is 12.5 Å². The van der Waals surface area contributed by atoms with Gasteiger partial charge in [-0.05, 0) is 24.5 Å². The predicted octanol–water partition coefficient (Wildman–Crippen LogP) is 2.19. The smallest absolute Gasteiger partial charge is 0.122 e. The molecule has 0 saturated heterocycles. The van der Waals surface area contributed by atoms with E-state index in [1.165, 1.54) is 6.08 Å². The van der Waals surface area contributed by atoms with Gasteiger partial charge in [-0.3, -0.25) is 0 Å². The Balaban J connectivity index is 2.66. The van der Waals surface area contributed by atoms with Gasteiger partial charge in [-0.15, -0.1) is 0 Å². The lowest BCUT2D eigenvalue weighted by Crippen LogP contribution is -2.06. The second-order valence-electron chi connectivity index (χ2n) is 2.78. The monoisotopic (exact) mass is 156 g/mol. The molecule has 0 bridgehead atoms. The lowest BCUT2D eigenvalue weighted by molar-refractivity contribution is 0.250. The summed E-state index contributed by atoms with van der Waals surface area (Å²) in [6.07, 6.45) is 4.89. The fraction of sp³-hybridized carbons (Fsp3) is 0.556. The molecule has 62 valence electrons. The van der Waals surface area contributed by atoms with Crippen molar-refractivity contribution in [3.63, 3.8) is 0 Å². The van der Waals surface area contributed by atoms with Crippen LogP contribution in [0.3, 0.4) is 0 Å². The summed E-state index contributed by atoms with van der Waals surface area (Å²) in [6.45, 7) is 1.97. The number of allylic oxidation sites excluding steroid dienone is 3. The Bertz CT molecular complexity index is 194. The largest absolute Gasteiger partial charge is 0.396 e. The molecule has 0 aromatic rings. The van der Waals surface area contributed by atoms with Crippen molar-refractivity contribution in [1.82, 2.24) is 0 Å². The SMILES string of the molecule is CCC1=CC[C@@H](CO)C=C1F. The predicted molar refractivity (Wildman–Crippen MR) is 42.8 cm³/mol. The molecular weight excluding hydrogens is 143 g/mol. The van der Waals surface area contributed by atoms with Gasteiger partial charge in [-0.2, -0.15) is 0 Å². The maximum Gasteiger partial charge on any atom is 0.122 e. The zero-order chi connectivity index (χ0) is 8.27. The minimum atomic E-state index is -0.155. The van der Waals surface area contributed by atoms with E-state index in [-0.39, 0.29) is 18.4 Å². The first-order chi connectivity index (χ1) is 5.27. The third kappa shape index (κ3) is 1.90. The van der Waals surface area contributed by atoms with Gasteiger partial charge < -0.3 is 5.11 Å². The minimum Gasteiger partial charge on any atom is -0.396 e. The topological polar surface area (TPSA) is 20.2 Å². The average Bonchev–Trinajstić information content (AvgIpc) is 2.04.